The number of sulfone groups is 1. The van der Waals surface area contributed by atoms with Crippen molar-refractivity contribution >= 4 is 39.4 Å². The third-order valence-corrected chi connectivity index (χ3v) is 15.7. The molecule has 1 unspecified atom stereocenters. The fourth-order valence-electron chi connectivity index (χ4n) is 10.0. The highest BCUT2D eigenvalue weighted by molar-refractivity contribution is 7.92. The Labute approximate surface area is 314 Å². The Morgan fingerprint density at radius 1 is 0.887 bits per heavy atom. The maximum Gasteiger partial charge on any atom is 0.315 e. The van der Waals surface area contributed by atoms with E-state index in [1.165, 1.54) is 4.90 Å². The normalized spacial score (nSPS) is 32.3. The second-order valence-corrected chi connectivity index (χ2v) is 19.5. The number of nitrogens with two attached hydrogens (primary N) is 2. The van der Waals surface area contributed by atoms with Gasteiger partial charge < -0.3 is 37.6 Å². The quantitative estimate of drug-likeness (QED) is 0.112. The van der Waals surface area contributed by atoms with Gasteiger partial charge in [-0.2, -0.15) is 0 Å². The van der Waals surface area contributed by atoms with Crippen LogP contribution in [0.15, 0.2) is 12.2 Å². The molecule has 0 aromatic carbocycles. The van der Waals surface area contributed by atoms with Gasteiger partial charge in [-0.25, -0.2) is 13.2 Å². The number of fused-ring (bicyclic) bond motifs is 1. The van der Waals surface area contributed by atoms with Crippen LogP contribution in [0.1, 0.15) is 117 Å². The number of hydrogen-bond donors (Lipinski definition) is 6. The zero-order valence-corrected chi connectivity index (χ0v) is 32.3. The van der Waals surface area contributed by atoms with Gasteiger partial charge in [-0.15, -0.1) is 0 Å². The van der Waals surface area contributed by atoms with Crippen molar-refractivity contribution in [1.82, 2.24) is 26.2 Å². The van der Waals surface area contributed by atoms with Gasteiger partial charge in [0.2, 0.25) is 17.6 Å². The fraction of sp³-hybridized carbons (Fsp3) is 0.816. The molecule has 15 heteroatoms. The number of nitrogens with zero attached hydrogens (tertiary/aromatic N) is 1. The number of Topliss-reactive ketones (excluding diaryl/α,β-unsaturated/α-hetero) is 1. The lowest BCUT2D eigenvalue weighted by molar-refractivity contribution is -0.144. The number of carbonyl (C=O) groups is 5. The summed E-state index contributed by atoms with van der Waals surface area (Å²) >= 11 is 0. The number of amides is 5. The van der Waals surface area contributed by atoms with E-state index in [9.17, 15) is 32.4 Å². The van der Waals surface area contributed by atoms with Crippen molar-refractivity contribution in [3.05, 3.63) is 12.2 Å². The first-order chi connectivity index (χ1) is 25.1. The molecule has 7 atom stereocenters. The highest BCUT2D eigenvalue weighted by Crippen LogP contribution is 2.57. The lowest BCUT2D eigenvalue weighted by Gasteiger charge is -2.45. The molecule has 4 saturated carbocycles. The average molecular weight is 760 g/mol. The minimum absolute atomic E-state index is 0.102. The molecule has 6 fully saturated rings. The van der Waals surface area contributed by atoms with Gasteiger partial charge in [-0.05, 0) is 64.2 Å². The number of allylic oxidation sites excluding steroid dienone is 1. The largest absolute Gasteiger partial charge is 0.346 e. The molecule has 0 aromatic rings. The lowest BCUT2D eigenvalue weighted by Crippen LogP contribution is -2.70. The first kappa shape index (κ1) is 39.6. The Bertz CT molecular complexity index is 1570. The number of carbonyl (C=O) groups excluding carboxylic acids is 5. The number of hydrogen-bond acceptors (Lipinski definition) is 9. The third-order valence-electron chi connectivity index (χ3n) is 13.3. The van der Waals surface area contributed by atoms with Crippen LogP contribution in [0.2, 0.25) is 0 Å². The average Bonchev–Trinajstić information content (AvgIpc) is 3.90. The molecule has 2 aliphatic heterocycles. The number of urea groups is 1. The second-order valence-electron chi connectivity index (χ2n) is 17.2. The predicted octanol–water partition coefficient (Wildman–Crippen LogP) is 1.71. The van der Waals surface area contributed by atoms with Crippen molar-refractivity contribution in [2.45, 2.75) is 157 Å². The fourth-order valence-corrected chi connectivity index (χ4v) is 12.4. The van der Waals surface area contributed by atoms with E-state index >= 15 is 0 Å². The Morgan fingerprint density at radius 3 is 2.15 bits per heavy atom. The van der Waals surface area contributed by atoms with Gasteiger partial charge in [0, 0.05) is 36.0 Å². The van der Waals surface area contributed by atoms with E-state index in [0.717, 1.165) is 57.8 Å². The van der Waals surface area contributed by atoms with Crippen LogP contribution in [0.5, 0.6) is 0 Å². The summed E-state index contributed by atoms with van der Waals surface area (Å²) in [5.74, 6) is -2.80. The van der Waals surface area contributed by atoms with Crippen molar-refractivity contribution in [3.8, 4) is 0 Å². The van der Waals surface area contributed by atoms with Crippen LogP contribution in [0, 0.1) is 17.8 Å². The zero-order chi connectivity index (χ0) is 38.2. The summed E-state index contributed by atoms with van der Waals surface area (Å²) in [4.78, 5) is 70.9. The smallest absolute Gasteiger partial charge is 0.315 e. The molecule has 6 aliphatic rings. The van der Waals surface area contributed by atoms with Crippen LogP contribution in [0.25, 0.3) is 0 Å². The SMILES string of the molecule is CC/C=C/CNC(=O)C(=O)[C@H](CC1CC1)NC(=O)[C@@H]1C2[C@H](CN1C(=O)[C@@H](NC(=O)NC1([C@H]3CCCS3(=O)=O)CCCCC1)C1(N)CCCCC1)[C@@]2(C)N. The molecule has 2 saturated heterocycles. The van der Waals surface area contributed by atoms with Crippen molar-refractivity contribution in [2.75, 3.05) is 18.8 Å². The molecule has 0 spiro atoms. The van der Waals surface area contributed by atoms with Crippen LogP contribution in [-0.2, 0) is 29.0 Å². The minimum atomic E-state index is -3.39. The summed E-state index contributed by atoms with van der Waals surface area (Å²) in [7, 11) is -3.39. The summed E-state index contributed by atoms with van der Waals surface area (Å²) in [6.07, 6.45) is 14.7. The number of rotatable bonds is 14. The highest BCUT2D eigenvalue weighted by atomic mass is 32.2. The first-order valence-corrected chi connectivity index (χ1v) is 21.8. The van der Waals surface area contributed by atoms with Gasteiger partial charge in [-0.1, -0.05) is 70.4 Å². The van der Waals surface area contributed by atoms with E-state index < -0.39 is 79.4 Å². The Hall–Kier alpha value is -3.04. The van der Waals surface area contributed by atoms with E-state index in [1.54, 1.807) is 6.08 Å². The van der Waals surface area contributed by atoms with Crippen LogP contribution in [0.3, 0.4) is 0 Å². The van der Waals surface area contributed by atoms with Gasteiger partial charge in [0.05, 0.1) is 22.6 Å². The van der Waals surface area contributed by atoms with Crippen LogP contribution in [-0.4, -0.2) is 102 Å². The molecule has 53 heavy (non-hydrogen) atoms. The Balaban J connectivity index is 1.23. The molecule has 2 heterocycles. The standard InChI is InChI=1S/C38H61N7O7S/c1-3-4-11-20-41-33(48)30(46)26(22-24-14-15-24)42-32(47)29-28-25(36(28,2)39)23-45(29)34(49)31(37(40)16-7-5-8-17-37)43-35(50)44-38(18-9-6-10-19-38)27-13-12-21-53(27,51)52/h4,11,24-29,31H,3,5-10,12-23,39-40H2,1-2H3,(H,41,48)(H,42,47)(H2,43,44,50)/b11-4+/t25-,26-,27+,28?,29-,31+,36+/m0/s1. The van der Waals surface area contributed by atoms with Crippen molar-refractivity contribution in [3.63, 3.8) is 0 Å². The topological polar surface area (TPSA) is 223 Å². The Morgan fingerprint density at radius 2 is 1.55 bits per heavy atom. The van der Waals surface area contributed by atoms with E-state index in [4.69, 9.17) is 11.5 Å². The van der Waals surface area contributed by atoms with E-state index in [2.05, 4.69) is 21.3 Å². The molecular weight excluding hydrogens is 699 g/mol. The van der Waals surface area contributed by atoms with Crippen molar-refractivity contribution in [2.24, 2.45) is 29.2 Å². The maximum absolute atomic E-state index is 14.8. The van der Waals surface area contributed by atoms with Gasteiger partial charge in [0.15, 0.2) is 9.84 Å². The molecule has 14 nitrogen and oxygen atoms in total. The molecule has 5 amide bonds. The zero-order valence-electron chi connectivity index (χ0n) is 31.5. The molecule has 0 bridgehead atoms. The van der Waals surface area contributed by atoms with Crippen LogP contribution in [0.4, 0.5) is 4.79 Å². The summed E-state index contributed by atoms with van der Waals surface area (Å²) in [5, 5.41) is 10.8. The number of nitrogens with one attached hydrogen (secondary N) is 4. The van der Waals surface area contributed by atoms with E-state index in [0.29, 0.717) is 44.9 Å². The summed E-state index contributed by atoms with van der Waals surface area (Å²) in [6, 6.07) is -3.90. The molecule has 6 rings (SSSR count). The van der Waals surface area contributed by atoms with E-state index in [-0.39, 0.29) is 36.6 Å². The van der Waals surface area contributed by atoms with Gasteiger partial charge >= 0.3 is 6.03 Å². The van der Waals surface area contributed by atoms with Crippen LogP contribution < -0.4 is 32.7 Å². The molecule has 4 aliphatic carbocycles. The first-order valence-electron chi connectivity index (χ1n) is 20.1. The molecule has 0 aromatic heterocycles. The van der Waals surface area contributed by atoms with E-state index in [1.807, 2.05) is 19.9 Å². The summed E-state index contributed by atoms with van der Waals surface area (Å²) in [5.41, 5.74) is 10.9. The monoisotopic (exact) mass is 759 g/mol. The number of likely N-dealkylation sites (tertiary alicyclic amines) is 1. The third kappa shape index (κ3) is 8.31. The predicted molar refractivity (Wildman–Crippen MR) is 200 cm³/mol. The second kappa shape index (κ2) is 15.6. The van der Waals surface area contributed by atoms with Crippen molar-refractivity contribution in [1.29, 1.82) is 0 Å². The summed E-state index contributed by atoms with van der Waals surface area (Å²) in [6.45, 7) is 4.19. The van der Waals surface area contributed by atoms with Gasteiger partial charge in [-0.3, -0.25) is 19.2 Å². The lowest BCUT2D eigenvalue weighted by atomic mass is 9.76. The molecule has 296 valence electrons. The van der Waals surface area contributed by atoms with Crippen LogP contribution >= 0.6 is 0 Å². The van der Waals surface area contributed by atoms with Gasteiger partial charge in [0.1, 0.15) is 12.1 Å². The maximum atomic E-state index is 14.8. The van der Waals surface area contributed by atoms with Crippen molar-refractivity contribution < 1.29 is 32.4 Å². The summed E-state index contributed by atoms with van der Waals surface area (Å²) < 4.78 is 26.4. The molecule has 8 N–H and O–H groups in total. The highest BCUT2D eigenvalue weighted by Gasteiger charge is 2.71. The molecule has 0 radical (unpaired) electrons. The molecular formula is C38H61N7O7S. The van der Waals surface area contributed by atoms with Gasteiger partial charge in [0.25, 0.3) is 5.91 Å². The number of piperidine rings is 1. The number of ketones is 1. The minimum Gasteiger partial charge on any atom is -0.346 e. The Kier molecular flexibility index (Phi) is 11.7.